The van der Waals surface area contributed by atoms with Gasteiger partial charge in [0.15, 0.2) is 5.82 Å². The molecule has 0 amide bonds. The minimum atomic E-state index is 0.228. The number of aromatic nitrogens is 4. The summed E-state index contributed by atoms with van der Waals surface area (Å²) in [5, 5.41) is 8.16. The average Bonchev–Trinajstić information content (AvgIpc) is 2.95. The number of aryl methyl sites for hydroxylation is 1. The fourth-order valence-electron chi connectivity index (χ4n) is 2.39. The Morgan fingerprint density at radius 2 is 1.74 bits per heavy atom. The molecule has 7 heteroatoms. The molecule has 0 fully saturated rings. The highest BCUT2D eigenvalue weighted by molar-refractivity contribution is 5.66. The van der Waals surface area contributed by atoms with Gasteiger partial charge in [-0.1, -0.05) is 6.07 Å². The van der Waals surface area contributed by atoms with Gasteiger partial charge in [0, 0.05) is 6.20 Å². The summed E-state index contributed by atoms with van der Waals surface area (Å²) in [6.07, 6.45) is 1.72. The molecule has 0 bridgehead atoms. The third-order valence-corrected chi connectivity index (χ3v) is 3.46. The first kappa shape index (κ1) is 14.8. The van der Waals surface area contributed by atoms with Crippen molar-refractivity contribution in [3.8, 4) is 28.7 Å². The largest absolute Gasteiger partial charge is 0.494 e. The molecular formula is C16H17N5O2. The number of ether oxygens (including phenoxy) is 2. The lowest BCUT2D eigenvalue weighted by Gasteiger charge is -2.15. The lowest BCUT2D eigenvalue weighted by Crippen LogP contribution is -2.07. The fourth-order valence-corrected chi connectivity index (χ4v) is 2.39. The van der Waals surface area contributed by atoms with E-state index in [1.165, 1.54) is 0 Å². The highest BCUT2D eigenvalue weighted by Crippen LogP contribution is 2.36. The van der Waals surface area contributed by atoms with Crippen molar-refractivity contribution >= 4 is 5.95 Å². The van der Waals surface area contributed by atoms with E-state index in [2.05, 4.69) is 15.2 Å². The van der Waals surface area contributed by atoms with Crippen LogP contribution in [0.1, 0.15) is 5.56 Å². The molecule has 0 aliphatic rings. The van der Waals surface area contributed by atoms with Gasteiger partial charge in [-0.3, -0.25) is 9.55 Å². The van der Waals surface area contributed by atoms with Crippen LogP contribution in [0.2, 0.25) is 0 Å². The molecule has 3 aromatic rings. The predicted molar refractivity (Wildman–Crippen MR) is 86.8 cm³/mol. The van der Waals surface area contributed by atoms with E-state index >= 15 is 0 Å². The van der Waals surface area contributed by atoms with Crippen molar-refractivity contribution in [3.05, 3.63) is 42.1 Å². The first-order chi connectivity index (χ1) is 11.2. The summed E-state index contributed by atoms with van der Waals surface area (Å²) in [6, 6.07) is 9.32. The maximum atomic E-state index is 6.05. The molecule has 0 aliphatic carbocycles. The van der Waals surface area contributed by atoms with Crippen molar-refractivity contribution in [1.82, 2.24) is 19.7 Å². The van der Waals surface area contributed by atoms with Crippen molar-refractivity contribution < 1.29 is 9.47 Å². The van der Waals surface area contributed by atoms with Gasteiger partial charge in [-0.2, -0.15) is 0 Å². The van der Waals surface area contributed by atoms with Crippen LogP contribution in [0.25, 0.3) is 17.2 Å². The Kier molecular flexibility index (Phi) is 3.84. The number of hydrogen-bond donors (Lipinski definition) is 1. The Morgan fingerprint density at radius 1 is 1.04 bits per heavy atom. The summed E-state index contributed by atoms with van der Waals surface area (Å²) in [6.45, 7) is 1.99. The molecule has 23 heavy (non-hydrogen) atoms. The van der Waals surface area contributed by atoms with E-state index in [1.807, 2.05) is 37.3 Å². The molecule has 1 aromatic carbocycles. The summed E-state index contributed by atoms with van der Waals surface area (Å²) in [5.74, 6) is 1.95. The Hall–Kier alpha value is -3.09. The number of methoxy groups -OCH3 is 2. The van der Waals surface area contributed by atoms with Crippen molar-refractivity contribution in [3.63, 3.8) is 0 Å². The Bertz CT molecular complexity index is 822. The molecule has 0 radical (unpaired) electrons. The average molecular weight is 311 g/mol. The number of hydrogen-bond acceptors (Lipinski definition) is 6. The van der Waals surface area contributed by atoms with Gasteiger partial charge in [0.1, 0.15) is 22.9 Å². The molecule has 2 N–H and O–H groups in total. The number of nitrogens with zero attached hydrogens (tertiary/aromatic N) is 4. The van der Waals surface area contributed by atoms with Crippen LogP contribution >= 0.6 is 0 Å². The first-order valence-corrected chi connectivity index (χ1v) is 7.01. The zero-order valence-corrected chi connectivity index (χ0v) is 13.1. The second kappa shape index (κ2) is 5.96. The lowest BCUT2D eigenvalue weighted by atomic mass is 10.2. The SMILES string of the molecule is COc1cccc(OC)c1-n1c(N)nnc1-c1cc(C)ccn1. The Balaban J connectivity index is 2.29. The summed E-state index contributed by atoms with van der Waals surface area (Å²) in [4.78, 5) is 4.36. The molecular weight excluding hydrogens is 294 g/mol. The van der Waals surface area contributed by atoms with Crippen molar-refractivity contribution in [2.45, 2.75) is 6.92 Å². The van der Waals surface area contributed by atoms with Crippen LogP contribution in [0.15, 0.2) is 36.5 Å². The van der Waals surface area contributed by atoms with Gasteiger partial charge in [0.2, 0.25) is 5.95 Å². The molecule has 3 rings (SSSR count). The van der Waals surface area contributed by atoms with Gasteiger partial charge in [0.05, 0.1) is 14.2 Å². The van der Waals surface area contributed by atoms with E-state index in [-0.39, 0.29) is 5.95 Å². The summed E-state index contributed by atoms with van der Waals surface area (Å²) < 4.78 is 12.6. The number of rotatable bonds is 4. The van der Waals surface area contributed by atoms with E-state index in [4.69, 9.17) is 15.2 Å². The van der Waals surface area contributed by atoms with Gasteiger partial charge in [-0.15, -0.1) is 10.2 Å². The number of pyridine rings is 1. The number of nitrogens with two attached hydrogens (primary N) is 1. The van der Waals surface area contributed by atoms with Crippen LogP contribution in [0.4, 0.5) is 5.95 Å². The van der Waals surface area contributed by atoms with E-state index < -0.39 is 0 Å². The third-order valence-electron chi connectivity index (χ3n) is 3.46. The molecule has 0 saturated carbocycles. The number of para-hydroxylation sites is 1. The topological polar surface area (TPSA) is 88.1 Å². The van der Waals surface area contributed by atoms with E-state index in [0.29, 0.717) is 28.7 Å². The second-order valence-electron chi connectivity index (χ2n) is 4.95. The predicted octanol–water partition coefficient (Wildman–Crippen LogP) is 2.24. The van der Waals surface area contributed by atoms with E-state index in [1.54, 1.807) is 25.0 Å². The smallest absolute Gasteiger partial charge is 0.227 e. The van der Waals surface area contributed by atoms with Gasteiger partial charge in [0.25, 0.3) is 0 Å². The minimum absolute atomic E-state index is 0.228. The van der Waals surface area contributed by atoms with E-state index in [0.717, 1.165) is 5.56 Å². The van der Waals surface area contributed by atoms with Crippen LogP contribution < -0.4 is 15.2 Å². The van der Waals surface area contributed by atoms with Gasteiger partial charge in [-0.05, 0) is 36.8 Å². The van der Waals surface area contributed by atoms with Crippen LogP contribution in [-0.2, 0) is 0 Å². The minimum Gasteiger partial charge on any atom is -0.494 e. The molecule has 0 spiro atoms. The number of anilines is 1. The van der Waals surface area contributed by atoms with Gasteiger partial charge >= 0.3 is 0 Å². The molecule has 0 unspecified atom stereocenters. The van der Waals surface area contributed by atoms with Crippen molar-refractivity contribution in [2.75, 3.05) is 20.0 Å². The standard InChI is InChI=1S/C16H17N5O2/c1-10-7-8-18-11(9-10)15-19-20-16(17)21(15)14-12(22-2)5-4-6-13(14)23-3/h4-9H,1-3H3,(H2,17,20). The number of benzene rings is 1. The van der Waals surface area contributed by atoms with Crippen molar-refractivity contribution in [1.29, 1.82) is 0 Å². The molecule has 0 saturated heterocycles. The summed E-state index contributed by atoms with van der Waals surface area (Å²) in [5.41, 5.74) is 8.42. The zero-order chi connectivity index (χ0) is 16.4. The third kappa shape index (κ3) is 2.57. The highest BCUT2D eigenvalue weighted by Gasteiger charge is 2.21. The van der Waals surface area contributed by atoms with Gasteiger partial charge in [-0.25, -0.2) is 0 Å². The summed E-state index contributed by atoms with van der Waals surface area (Å²) >= 11 is 0. The van der Waals surface area contributed by atoms with Crippen LogP contribution in [0, 0.1) is 6.92 Å². The second-order valence-corrected chi connectivity index (χ2v) is 4.95. The quantitative estimate of drug-likeness (QED) is 0.795. The maximum absolute atomic E-state index is 6.05. The first-order valence-electron chi connectivity index (χ1n) is 7.01. The molecule has 7 nitrogen and oxygen atoms in total. The lowest BCUT2D eigenvalue weighted by molar-refractivity contribution is 0.391. The molecule has 2 aromatic heterocycles. The normalized spacial score (nSPS) is 10.6. The Morgan fingerprint density at radius 3 is 2.35 bits per heavy atom. The Labute approximate surface area is 133 Å². The van der Waals surface area contributed by atoms with Gasteiger partial charge < -0.3 is 15.2 Å². The van der Waals surface area contributed by atoms with Crippen molar-refractivity contribution in [2.24, 2.45) is 0 Å². The molecule has 0 aliphatic heterocycles. The zero-order valence-electron chi connectivity index (χ0n) is 13.1. The molecule has 0 atom stereocenters. The monoisotopic (exact) mass is 311 g/mol. The molecule has 2 heterocycles. The highest BCUT2D eigenvalue weighted by atomic mass is 16.5. The maximum Gasteiger partial charge on any atom is 0.227 e. The van der Waals surface area contributed by atoms with E-state index in [9.17, 15) is 0 Å². The summed E-state index contributed by atoms with van der Waals surface area (Å²) in [7, 11) is 3.17. The van der Waals surface area contributed by atoms with Crippen LogP contribution in [0.5, 0.6) is 11.5 Å². The van der Waals surface area contributed by atoms with Crippen LogP contribution in [0.3, 0.4) is 0 Å². The molecule has 118 valence electrons. The fraction of sp³-hybridized carbons (Fsp3) is 0.188. The number of nitrogen functional groups attached to an aromatic ring is 1. The van der Waals surface area contributed by atoms with Crippen LogP contribution in [-0.4, -0.2) is 34.0 Å².